The molecule has 1 saturated heterocycles. The summed E-state index contributed by atoms with van der Waals surface area (Å²) in [5, 5.41) is 0. The maximum absolute atomic E-state index is 11.3. The molecule has 94 valence electrons. The van der Waals surface area contributed by atoms with Crippen LogP contribution in [0.5, 0.6) is 0 Å². The van der Waals surface area contributed by atoms with E-state index in [2.05, 4.69) is 14.3 Å². The van der Waals surface area contributed by atoms with Crippen LogP contribution in [0.3, 0.4) is 0 Å². The first kappa shape index (κ1) is 13.3. The zero-order chi connectivity index (χ0) is 12.5. The number of cyclic esters (lactones) is 2. The topological polar surface area (TPSA) is 107 Å². The van der Waals surface area contributed by atoms with Gasteiger partial charge in [-0.2, -0.15) is 4.79 Å². The summed E-state index contributed by atoms with van der Waals surface area (Å²) < 4.78 is 19.4. The first-order chi connectivity index (χ1) is 8.25. The van der Waals surface area contributed by atoms with Crippen LogP contribution < -0.4 is 0 Å². The number of hydrogen-bond acceptors (Lipinski definition) is 6. The number of ether oxygens (including phenoxy) is 4. The lowest BCUT2D eigenvalue weighted by atomic mass is 10.4. The number of esters is 2. The number of hydrogen-bond donors (Lipinski definition) is 0. The summed E-state index contributed by atoms with van der Waals surface area (Å²) in [6.45, 7) is 0.945. The summed E-state index contributed by atoms with van der Waals surface area (Å²) in [5.74, 6) is -2.11. The maximum atomic E-state index is 11.3. The van der Waals surface area contributed by atoms with Gasteiger partial charge in [-0.15, -0.1) is 0 Å². The molecule has 1 rings (SSSR count). The van der Waals surface area contributed by atoms with Crippen molar-refractivity contribution in [3.63, 3.8) is 0 Å². The summed E-state index contributed by atoms with van der Waals surface area (Å²) in [5.41, 5.74) is 7.71. The van der Waals surface area contributed by atoms with Gasteiger partial charge in [0, 0.05) is 0 Å². The predicted molar refractivity (Wildman–Crippen MR) is 52.2 cm³/mol. The highest BCUT2D eigenvalue weighted by atomic mass is 16.6. The highest BCUT2D eigenvalue weighted by molar-refractivity contribution is 6.60. The third-order valence-electron chi connectivity index (χ3n) is 1.78. The minimum atomic E-state index is -1.05. The molecule has 1 fully saturated rings. The fourth-order valence-corrected chi connectivity index (χ4v) is 1.01. The summed E-state index contributed by atoms with van der Waals surface area (Å²) in [6, 6.07) is 0. The Kier molecular flexibility index (Phi) is 5.87. The summed E-state index contributed by atoms with van der Waals surface area (Å²) in [6.07, 6.45) is 0. The van der Waals surface area contributed by atoms with Crippen LogP contribution in [0.25, 0.3) is 5.53 Å². The molecule has 0 bridgehead atoms. The monoisotopic (exact) mass is 244 g/mol. The molecule has 1 heterocycles. The van der Waals surface area contributed by atoms with Crippen LogP contribution in [0, 0.1) is 0 Å². The van der Waals surface area contributed by atoms with E-state index in [9.17, 15) is 9.59 Å². The van der Waals surface area contributed by atoms with Crippen LogP contribution in [-0.4, -0.2) is 62.1 Å². The molecule has 17 heavy (non-hydrogen) atoms. The van der Waals surface area contributed by atoms with Crippen molar-refractivity contribution in [3.8, 4) is 0 Å². The standard InChI is InChI=1S/C9H12N2O6/c10-11-7-8(12)16-5-3-14-1-2-15-4-6-17-9(7)13/h1-6H2. The molecule has 8 heteroatoms. The van der Waals surface area contributed by atoms with E-state index in [1.807, 2.05) is 0 Å². The Morgan fingerprint density at radius 3 is 1.65 bits per heavy atom. The highest BCUT2D eigenvalue weighted by Gasteiger charge is 2.33. The van der Waals surface area contributed by atoms with Crippen LogP contribution in [0.1, 0.15) is 0 Å². The second-order valence-electron chi connectivity index (χ2n) is 2.95. The first-order valence-electron chi connectivity index (χ1n) is 4.97. The average molecular weight is 244 g/mol. The Labute approximate surface area is 97.0 Å². The van der Waals surface area contributed by atoms with Gasteiger partial charge in [-0.05, 0) is 0 Å². The van der Waals surface area contributed by atoms with Gasteiger partial charge >= 0.3 is 17.7 Å². The molecule has 0 aromatic carbocycles. The van der Waals surface area contributed by atoms with Crippen molar-refractivity contribution >= 4 is 17.7 Å². The average Bonchev–Trinajstić information content (AvgIpc) is 2.32. The number of carbonyl (C=O) groups excluding carboxylic acids is 2. The van der Waals surface area contributed by atoms with Gasteiger partial charge in [-0.25, -0.2) is 9.59 Å². The van der Waals surface area contributed by atoms with Gasteiger partial charge in [0.05, 0.1) is 26.4 Å². The van der Waals surface area contributed by atoms with E-state index in [0.717, 1.165) is 0 Å². The molecule has 8 nitrogen and oxygen atoms in total. The minimum absolute atomic E-state index is 0.0505. The summed E-state index contributed by atoms with van der Waals surface area (Å²) in [4.78, 5) is 25.1. The largest absolute Gasteiger partial charge is 0.482 e. The number of nitrogens with zero attached hydrogens (tertiary/aromatic N) is 2. The van der Waals surface area contributed by atoms with E-state index in [0.29, 0.717) is 13.2 Å². The van der Waals surface area contributed by atoms with Crippen molar-refractivity contribution < 1.29 is 33.3 Å². The molecule has 1 aliphatic rings. The molecule has 0 amide bonds. The van der Waals surface area contributed by atoms with Crippen molar-refractivity contribution in [2.45, 2.75) is 0 Å². The molecule has 0 aliphatic carbocycles. The molecule has 0 aromatic heterocycles. The van der Waals surface area contributed by atoms with E-state index in [4.69, 9.17) is 15.0 Å². The van der Waals surface area contributed by atoms with E-state index in [1.165, 1.54) is 0 Å². The van der Waals surface area contributed by atoms with Crippen molar-refractivity contribution in [1.29, 1.82) is 0 Å². The van der Waals surface area contributed by atoms with Gasteiger partial charge in [0.2, 0.25) is 0 Å². The van der Waals surface area contributed by atoms with Crippen LogP contribution >= 0.6 is 0 Å². The quantitative estimate of drug-likeness (QED) is 0.300. The summed E-state index contributed by atoms with van der Waals surface area (Å²) in [7, 11) is 0. The normalized spacial score (nSPS) is 20.1. The molecule has 0 spiro atoms. The second-order valence-corrected chi connectivity index (χ2v) is 2.95. The smallest absolute Gasteiger partial charge is 0.454 e. The SMILES string of the molecule is [N-]=[N+]=C1C(=O)OCCOCCOCCOC1=O. The molecule has 0 saturated carbocycles. The molecular weight excluding hydrogens is 232 g/mol. The van der Waals surface area contributed by atoms with E-state index >= 15 is 0 Å². The highest BCUT2D eigenvalue weighted by Crippen LogP contribution is 1.90. The van der Waals surface area contributed by atoms with Crippen molar-refractivity contribution in [2.75, 3.05) is 39.6 Å². The lowest BCUT2D eigenvalue weighted by Gasteiger charge is -2.03. The third-order valence-corrected chi connectivity index (χ3v) is 1.78. The zero-order valence-electron chi connectivity index (χ0n) is 9.09. The lowest BCUT2D eigenvalue weighted by Crippen LogP contribution is -2.30. The van der Waals surface area contributed by atoms with Gasteiger partial charge in [0.25, 0.3) is 0 Å². The Morgan fingerprint density at radius 2 is 1.24 bits per heavy atom. The number of carbonyl (C=O) groups is 2. The lowest BCUT2D eigenvalue weighted by molar-refractivity contribution is -0.150. The van der Waals surface area contributed by atoms with Crippen molar-refractivity contribution in [1.82, 2.24) is 0 Å². The Balaban J connectivity index is 2.60. The zero-order valence-corrected chi connectivity index (χ0v) is 9.09. The van der Waals surface area contributed by atoms with Gasteiger partial charge in [-0.3, -0.25) is 0 Å². The fraction of sp³-hybridized carbons (Fsp3) is 0.667. The molecule has 0 radical (unpaired) electrons. The Hall–Kier alpha value is -1.76. The molecule has 0 aromatic rings. The van der Waals surface area contributed by atoms with Crippen LogP contribution in [0.15, 0.2) is 0 Å². The maximum Gasteiger partial charge on any atom is 0.482 e. The van der Waals surface area contributed by atoms with E-state index < -0.39 is 17.7 Å². The van der Waals surface area contributed by atoms with E-state index in [-0.39, 0.29) is 26.4 Å². The summed E-state index contributed by atoms with van der Waals surface area (Å²) >= 11 is 0. The Morgan fingerprint density at radius 1 is 0.824 bits per heavy atom. The molecule has 0 N–H and O–H groups in total. The fourth-order valence-electron chi connectivity index (χ4n) is 1.01. The van der Waals surface area contributed by atoms with Gasteiger partial charge in [-0.1, -0.05) is 0 Å². The van der Waals surface area contributed by atoms with Gasteiger partial charge in [0.15, 0.2) is 0 Å². The molecule has 1 aliphatic heterocycles. The third kappa shape index (κ3) is 4.73. The van der Waals surface area contributed by atoms with Gasteiger partial charge < -0.3 is 24.5 Å². The van der Waals surface area contributed by atoms with Crippen LogP contribution in [0.4, 0.5) is 0 Å². The van der Waals surface area contributed by atoms with Crippen LogP contribution in [-0.2, 0) is 28.5 Å². The molecule has 0 unspecified atom stereocenters. The molecule has 0 atom stereocenters. The molecular formula is C9H12N2O6. The van der Waals surface area contributed by atoms with Crippen molar-refractivity contribution in [2.24, 2.45) is 0 Å². The van der Waals surface area contributed by atoms with Gasteiger partial charge in [0.1, 0.15) is 13.2 Å². The van der Waals surface area contributed by atoms with Crippen molar-refractivity contribution in [3.05, 3.63) is 5.53 Å². The predicted octanol–water partition coefficient (Wildman–Crippen LogP) is -1.21. The van der Waals surface area contributed by atoms with Crippen LogP contribution in [0.2, 0.25) is 0 Å². The number of rotatable bonds is 0. The minimum Gasteiger partial charge on any atom is -0.454 e. The van der Waals surface area contributed by atoms with E-state index in [1.54, 1.807) is 0 Å². The first-order valence-corrected chi connectivity index (χ1v) is 4.97. The second kappa shape index (κ2) is 7.50. The Bertz CT molecular complexity index is 310.